The second kappa shape index (κ2) is 8.75. The summed E-state index contributed by atoms with van der Waals surface area (Å²) in [5.41, 5.74) is 4.42. The molecule has 0 spiro atoms. The van der Waals surface area contributed by atoms with Gasteiger partial charge in [0.25, 0.3) is 5.91 Å². The average Bonchev–Trinajstić information content (AvgIpc) is 3.41. The molecule has 7 nitrogen and oxygen atoms in total. The van der Waals surface area contributed by atoms with E-state index in [1.165, 1.54) is 7.11 Å². The highest BCUT2D eigenvalue weighted by atomic mass is 35.5. The Kier molecular flexibility index (Phi) is 8.30. The summed E-state index contributed by atoms with van der Waals surface area (Å²) in [5.74, 6) is -0.483. The monoisotopic (exact) mass is 422 g/mol. The lowest BCUT2D eigenvalue weighted by Gasteiger charge is -2.11. The summed E-state index contributed by atoms with van der Waals surface area (Å²) in [7, 11) is -2.05. The van der Waals surface area contributed by atoms with Crippen LogP contribution in [0.5, 0.6) is 0 Å². The van der Waals surface area contributed by atoms with Crippen LogP contribution in [0, 0.1) is 17.3 Å². The fraction of sp³-hybridized carbons (Fsp3) is 0.667. The number of amides is 1. The van der Waals surface area contributed by atoms with Gasteiger partial charge in [-0.3, -0.25) is 14.3 Å². The maximum Gasteiger partial charge on any atom is 0.312 e. The van der Waals surface area contributed by atoms with Crippen molar-refractivity contribution >= 4 is 34.3 Å². The third kappa shape index (κ3) is 5.33. The van der Waals surface area contributed by atoms with Gasteiger partial charge in [0.1, 0.15) is 5.54 Å². The second-order valence-corrected chi connectivity index (χ2v) is 9.18. The van der Waals surface area contributed by atoms with Gasteiger partial charge in [-0.25, -0.2) is 8.42 Å². The summed E-state index contributed by atoms with van der Waals surface area (Å²) in [6, 6.07) is 0. The maximum absolute atomic E-state index is 11.6. The molecule has 1 amide bonds. The van der Waals surface area contributed by atoms with Crippen molar-refractivity contribution in [2.24, 2.45) is 23.0 Å². The first-order chi connectivity index (χ1) is 11.5. The Bertz CT molecular complexity index is 707. The first kappa shape index (κ1) is 25.6. The number of carbonyl (C=O) groups is 2. The molecule has 3 rings (SSSR count). The molecule has 3 saturated carbocycles. The highest BCUT2D eigenvalue weighted by Crippen LogP contribution is 2.53. The Labute approximate surface area is 168 Å². The molecule has 0 saturated heterocycles. The zero-order valence-electron chi connectivity index (χ0n) is 15.1. The molecule has 0 aromatic rings. The lowest BCUT2D eigenvalue weighted by Crippen LogP contribution is -2.47. The van der Waals surface area contributed by atoms with Gasteiger partial charge < -0.3 is 10.5 Å². The fourth-order valence-corrected chi connectivity index (χ4v) is 4.13. The van der Waals surface area contributed by atoms with Gasteiger partial charge in [-0.1, -0.05) is 19.6 Å². The lowest BCUT2D eigenvalue weighted by atomic mass is 10.1. The molecule has 0 aromatic heterocycles. The SMILES string of the molecule is C.C=C[C@@H]1C[C@]1(C)C(=O)OC.C=C[C@@H]1C[C@]1(N)C(=O)NS(=O)(=O)C1CC1.Cl. The first-order valence-corrected chi connectivity index (χ1v) is 9.78. The number of methoxy groups -OCH3 is 1. The molecular weight excluding hydrogens is 392 g/mol. The zero-order valence-corrected chi connectivity index (χ0v) is 16.7. The summed E-state index contributed by atoms with van der Waals surface area (Å²) in [6.45, 7) is 9.07. The third-order valence-electron chi connectivity index (χ3n) is 5.20. The Hall–Kier alpha value is -1.38. The molecule has 0 aliphatic heterocycles. The first-order valence-electron chi connectivity index (χ1n) is 8.23. The van der Waals surface area contributed by atoms with E-state index < -0.39 is 26.7 Å². The minimum absolute atomic E-state index is 0. The lowest BCUT2D eigenvalue weighted by molar-refractivity contribution is -0.146. The van der Waals surface area contributed by atoms with E-state index >= 15 is 0 Å². The summed E-state index contributed by atoms with van der Waals surface area (Å²) in [5, 5.41) is -0.397. The van der Waals surface area contributed by atoms with Crippen LogP contribution in [-0.4, -0.2) is 38.2 Å². The Morgan fingerprint density at radius 3 is 2.04 bits per heavy atom. The van der Waals surface area contributed by atoms with Gasteiger partial charge in [0, 0.05) is 5.92 Å². The predicted molar refractivity (Wildman–Crippen MR) is 108 cm³/mol. The molecule has 3 aliphatic rings. The quantitative estimate of drug-likeness (QED) is 0.499. The highest BCUT2D eigenvalue weighted by molar-refractivity contribution is 7.90. The van der Waals surface area contributed by atoms with E-state index in [0.29, 0.717) is 25.2 Å². The van der Waals surface area contributed by atoms with Crippen LogP contribution in [0.25, 0.3) is 0 Å². The second-order valence-electron chi connectivity index (χ2n) is 7.22. The predicted octanol–water partition coefficient (Wildman–Crippen LogP) is 1.93. The van der Waals surface area contributed by atoms with Gasteiger partial charge in [0.2, 0.25) is 10.0 Å². The third-order valence-corrected chi connectivity index (χ3v) is 7.02. The number of ether oxygens (including phenoxy) is 1. The molecular formula is C18H31ClN2O5S. The van der Waals surface area contributed by atoms with Crippen molar-refractivity contribution in [3.63, 3.8) is 0 Å². The van der Waals surface area contributed by atoms with Gasteiger partial charge in [-0.2, -0.15) is 0 Å². The van der Waals surface area contributed by atoms with Crippen LogP contribution in [0.1, 0.15) is 40.0 Å². The van der Waals surface area contributed by atoms with Crippen molar-refractivity contribution in [2.45, 2.75) is 50.8 Å². The maximum atomic E-state index is 11.6. The number of nitrogens with two attached hydrogens (primary N) is 1. The Morgan fingerprint density at radius 2 is 1.70 bits per heavy atom. The summed E-state index contributed by atoms with van der Waals surface area (Å²) in [4.78, 5) is 22.6. The largest absolute Gasteiger partial charge is 0.469 e. The zero-order chi connectivity index (χ0) is 19.0. The smallest absolute Gasteiger partial charge is 0.312 e. The van der Waals surface area contributed by atoms with Gasteiger partial charge in [0.05, 0.1) is 17.8 Å². The van der Waals surface area contributed by atoms with E-state index in [1.807, 2.05) is 17.7 Å². The van der Waals surface area contributed by atoms with E-state index in [-0.39, 0.29) is 37.1 Å². The molecule has 4 atom stereocenters. The van der Waals surface area contributed by atoms with E-state index in [4.69, 9.17) is 5.73 Å². The molecule has 9 heteroatoms. The molecule has 3 aliphatic carbocycles. The Balaban J connectivity index is 0.000000500. The summed E-state index contributed by atoms with van der Waals surface area (Å²) < 4.78 is 29.6. The number of hydrogen-bond donors (Lipinski definition) is 2. The molecule has 3 N–H and O–H groups in total. The number of carbonyl (C=O) groups excluding carboxylic acids is 2. The molecule has 0 unspecified atom stereocenters. The van der Waals surface area contributed by atoms with Crippen molar-refractivity contribution in [3.8, 4) is 0 Å². The number of rotatable bonds is 6. The van der Waals surface area contributed by atoms with Crippen molar-refractivity contribution in [2.75, 3.05) is 7.11 Å². The van der Waals surface area contributed by atoms with Crippen LogP contribution in [0.15, 0.2) is 25.3 Å². The molecule has 0 bridgehead atoms. The van der Waals surface area contributed by atoms with Crippen LogP contribution in [0.3, 0.4) is 0 Å². The van der Waals surface area contributed by atoms with Crippen LogP contribution < -0.4 is 10.5 Å². The number of nitrogens with one attached hydrogen (secondary N) is 1. The van der Waals surface area contributed by atoms with Gasteiger partial charge in [-0.15, -0.1) is 25.6 Å². The van der Waals surface area contributed by atoms with E-state index in [2.05, 4.69) is 17.9 Å². The van der Waals surface area contributed by atoms with E-state index in [1.54, 1.807) is 6.08 Å². The van der Waals surface area contributed by atoms with E-state index in [9.17, 15) is 18.0 Å². The number of hydrogen-bond acceptors (Lipinski definition) is 6. The van der Waals surface area contributed by atoms with Crippen LogP contribution in [0.2, 0.25) is 0 Å². The van der Waals surface area contributed by atoms with E-state index in [0.717, 1.165) is 6.42 Å². The molecule has 0 aromatic carbocycles. The van der Waals surface area contributed by atoms with Gasteiger partial charge >= 0.3 is 5.97 Å². The minimum atomic E-state index is -3.47. The molecule has 27 heavy (non-hydrogen) atoms. The van der Waals surface area contributed by atoms with Crippen LogP contribution in [0.4, 0.5) is 0 Å². The normalized spacial score (nSPS) is 32.9. The van der Waals surface area contributed by atoms with Crippen molar-refractivity contribution in [1.29, 1.82) is 0 Å². The number of esters is 1. The topological polar surface area (TPSA) is 116 Å². The van der Waals surface area contributed by atoms with Gasteiger partial charge in [0.15, 0.2) is 0 Å². The van der Waals surface area contributed by atoms with Crippen molar-refractivity contribution < 1.29 is 22.7 Å². The standard InChI is InChI=1S/C9H14N2O3S.C8H12O2.CH4.ClH/c1-2-6-5-9(6,10)8(12)11-15(13,14)7-3-4-7;1-4-6-5-8(6,2)7(9)10-3;;/h2,6-7H,1,3-5,10H2,(H,11,12);4,6H,1,5H2,2-3H3;1H4;1H/t6-,9-;6-,8+;;/m11../s1. The molecule has 0 radical (unpaired) electrons. The van der Waals surface area contributed by atoms with Crippen molar-refractivity contribution in [3.05, 3.63) is 25.3 Å². The summed E-state index contributed by atoms with van der Waals surface area (Å²) >= 11 is 0. The number of sulfonamides is 1. The van der Waals surface area contributed by atoms with Gasteiger partial charge in [-0.05, 0) is 38.5 Å². The average molecular weight is 423 g/mol. The molecule has 156 valence electrons. The summed E-state index contributed by atoms with van der Waals surface area (Å²) in [6.07, 6.45) is 6.03. The van der Waals surface area contributed by atoms with Crippen molar-refractivity contribution in [1.82, 2.24) is 4.72 Å². The molecule has 3 fully saturated rings. The fourth-order valence-electron chi connectivity index (χ4n) is 2.75. The molecule has 0 heterocycles. The van der Waals surface area contributed by atoms with Crippen LogP contribution in [-0.2, 0) is 24.3 Å². The van der Waals surface area contributed by atoms with Crippen LogP contribution >= 0.6 is 12.4 Å². The highest BCUT2D eigenvalue weighted by Gasteiger charge is 2.57. The Morgan fingerprint density at radius 1 is 1.19 bits per heavy atom. The number of halogens is 1. The minimum Gasteiger partial charge on any atom is -0.469 e. The number of allylic oxidation sites excluding steroid dienone is 1.